The number of aryl methyl sites for hydroxylation is 2. The van der Waals surface area contributed by atoms with Crippen molar-refractivity contribution in [2.24, 2.45) is 0 Å². The van der Waals surface area contributed by atoms with Crippen LogP contribution in [-0.2, 0) is 0 Å². The summed E-state index contributed by atoms with van der Waals surface area (Å²) in [6.45, 7) is 5.28. The van der Waals surface area contributed by atoms with Crippen LogP contribution in [-0.4, -0.2) is 22.0 Å². The van der Waals surface area contributed by atoms with E-state index in [-0.39, 0.29) is 17.7 Å². The number of nitrogens with one attached hydrogen (secondary N) is 1. The van der Waals surface area contributed by atoms with Gasteiger partial charge in [-0.2, -0.15) is 0 Å². The van der Waals surface area contributed by atoms with Crippen LogP contribution in [0.4, 0.5) is 0 Å². The van der Waals surface area contributed by atoms with E-state index in [0.717, 1.165) is 5.56 Å². The van der Waals surface area contributed by atoms with Crippen molar-refractivity contribution in [3.63, 3.8) is 0 Å². The number of aromatic nitrogens is 1. The molecule has 2 atom stereocenters. The third-order valence-corrected chi connectivity index (χ3v) is 3.25. The standard InChI is InChI=1S/C16H20N2O3/c1-10(9-14(19)13-7-5-4-6-8-13)17-16(20)15-11(2)18-12(3)21-15/h4-8,10,14,19H,9H2,1-3H3,(H,17,20). The lowest BCUT2D eigenvalue weighted by Crippen LogP contribution is -2.33. The molecule has 0 radical (unpaired) electrons. The van der Waals surface area contributed by atoms with Gasteiger partial charge in [0.25, 0.3) is 5.91 Å². The molecule has 0 saturated heterocycles. The Morgan fingerprint density at radius 2 is 2.00 bits per heavy atom. The zero-order valence-electron chi connectivity index (χ0n) is 12.5. The summed E-state index contributed by atoms with van der Waals surface area (Å²) in [5.41, 5.74) is 1.41. The molecule has 2 N–H and O–H groups in total. The molecule has 5 heteroatoms. The molecule has 0 aliphatic rings. The minimum Gasteiger partial charge on any atom is -0.436 e. The molecule has 1 aromatic heterocycles. The molecule has 1 amide bonds. The number of benzene rings is 1. The second-order valence-electron chi connectivity index (χ2n) is 5.18. The van der Waals surface area contributed by atoms with Crippen LogP contribution in [0.3, 0.4) is 0 Å². The summed E-state index contributed by atoms with van der Waals surface area (Å²) in [6, 6.07) is 9.20. The van der Waals surface area contributed by atoms with Crippen LogP contribution >= 0.6 is 0 Å². The smallest absolute Gasteiger partial charge is 0.289 e. The molecule has 2 unspecified atom stereocenters. The van der Waals surface area contributed by atoms with Gasteiger partial charge in [0, 0.05) is 13.0 Å². The summed E-state index contributed by atoms with van der Waals surface area (Å²) in [5.74, 6) is 0.393. The van der Waals surface area contributed by atoms with Crippen LogP contribution in [0, 0.1) is 13.8 Å². The van der Waals surface area contributed by atoms with Crippen LogP contribution < -0.4 is 5.32 Å². The molecule has 2 rings (SSSR count). The first kappa shape index (κ1) is 15.3. The summed E-state index contributed by atoms with van der Waals surface area (Å²) in [6.07, 6.45) is -0.180. The number of hydrogen-bond acceptors (Lipinski definition) is 4. The Morgan fingerprint density at radius 1 is 1.33 bits per heavy atom. The molecule has 0 spiro atoms. The Balaban J connectivity index is 1.94. The van der Waals surface area contributed by atoms with Gasteiger partial charge in [-0.25, -0.2) is 4.98 Å². The Hall–Kier alpha value is -2.14. The third kappa shape index (κ3) is 3.92. The van der Waals surface area contributed by atoms with Crippen molar-refractivity contribution in [1.82, 2.24) is 10.3 Å². The van der Waals surface area contributed by atoms with Crippen LogP contribution in [0.1, 0.15) is 47.2 Å². The van der Waals surface area contributed by atoms with Gasteiger partial charge in [0.2, 0.25) is 5.76 Å². The highest BCUT2D eigenvalue weighted by Gasteiger charge is 2.19. The number of carbonyl (C=O) groups excluding carboxylic acids is 1. The van der Waals surface area contributed by atoms with Crippen molar-refractivity contribution < 1.29 is 14.3 Å². The fraction of sp³-hybridized carbons (Fsp3) is 0.375. The molecule has 0 bridgehead atoms. The van der Waals surface area contributed by atoms with Crippen LogP contribution in [0.25, 0.3) is 0 Å². The van der Waals surface area contributed by atoms with Gasteiger partial charge < -0.3 is 14.8 Å². The largest absolute Gasteiger partial charge is 0.436 e. The first-order valence-corrected chi connectivity index (χ1v) is 6.95. The molecule has 2 aromatic rings. The van der Waals surface area contributed by atoms with E-state index in [1.54, 1.807) is 13.8 Å². The molecule has 21 heavy (non-hydrogen) atoms. The molecule has 0 aliphatic heterocycles. The number of amides is 1. The van der Waals surface area contributed by atoms with Crippen molar-refractivity contribution in [2.45, 2.75) is 39.3 Å². The Kier molecular flexibility index (Phi) is 4.75. The minimum atomic E-state index is -0.612. The van der Waals surface area contributed by atoms with Gasteiger partial charge in [0.05, 0.1) is 11.8 Å². The van der Waals surface area contributed by atoms with Gasteiger partial charge in [-0.1, -0.05) is 30.3 Å². The maximum Gasteiger partial charge on any atom is 0.289 e. The fourth-order valence-corrected chi connectivity index (χ4v) is 2.24. The van der Waals surface area contributed by atoms with Crippen LogP contribution in [0.15, 0.2) is 34.7 Å². The van der Waals surface area contributed by atoms with Crippen molar-refractivity contribution in [1.29, 1.82) is 0 Å². The predicted molar refractivity (Wildman–Crippen MR) is 78.9 cm³/mol. The monoisotopic (exact) mass is 288 g/mol. The van der Waals surface area contributed by atoms with Crippen LogP contribution in [0.2, 0.25) is 0 Å². The molecule has 112 valence electrons. The number of aliphatic hydroxyl groups excluding tert-OH is 1. The van der Waals surface area contributed by atoms with E-state index in [1.165, 1.54) is 0 Å². The first-order chi connectivity index (χ1) is 9.97. The molecule has 1 aromatic carbocycles. The fourth-order valence-electron chi connectivity index (χ4n) is 2.24. The minimum absolute atomic E-state index is 0.183. The van der Waals surface area contributed by atoms with E-state index in [2.05, 4.69) is 10.3 Å². The van der Waals surface area contributed by atoms with E-state index in [4.69, 9.17) is 4.42 Å². The van der Waals surface area contributed by atoms with Crippen molar-refractivity contribution in [2.75, 3.05) is 0 Å². The molecule has 0 saturated carbocycles. The summed E-state index contributed by atoms with van der Waals surface area (Å²) in [7, 11) is 0. The predicted octanol–water partition coefficient (Wildman–Crippen LogP) is 2.53. The molecular formula is C16H20N2O3. The number of aliphatic hydroxyl groups is 1. The highest BCUT2D eigenvalue weighted by molar-refractivity contribution is 5.92. The van der Waals surface area contributed by atoms with Gasteiger partial charge in [-0.05, 0) is 25.8 Å². The molecular weight excluding hydrogens is 268 g/mol. The van der Waals surface area contributed by atoms with E-state index in [1.807, 2.05) is 37.3 Å². The van der Waals surface area contributed by atoms with E-state index in [9.17, 15) is 9.90 Å². The molecule has 1 heterocycles. The Morgan fingerprint density at radius 3 is 2.57 bits per heavy atom. The highest BCUT2D eigenvalue weighted by atomic mass is 16.4. The van der Waals surface area contributed by atoms with Gasteiger partial charge in [-0.3, -0.25) is 4.79 Å². The molecule has 0 fully saturated rings. The van der Waals surface area contributed by atoms with E-state index in [0.29, 0.717) is 18.0 Å². The second-order valence-corrected chi connectivity index (χ2v) is 5.18. The van der Waals surface area contributed by atoms with Gasteiger partial charge >= 0.3 is 0 Å². The summed E-state index contributed by atoms with van der Waals surface area (Å²) in [5, 5.41) is 13.0. The average Bonchev–Trinajstić information content (AvgIpc) is 2.78. The van der Waals surface area contributed by atoms with Crippen LogP contribution in [0.5, 0.6) is 0 Å². The zero-order chi connectivity index (χ0) is 15.4. The highest BCUT2D eigenvalue weighted by Crippen LogP contribution is 2.18. The lowest BCUT2D eigenvalue weighted by molar-refractivity contribution is 0.0887. The van der Waals surface area contributed by atoms with Gasteiger partial charge in [0.15, 0.2) is 5.89 Å². The molecule has 0 aliphatic carbocycles. The molecule has 5 nitrogen and oxygen atoms in total. The number of hydrogen-bond donors (Lipinski definition) is 2. The van der Waals surface area contributed by atoms with Crippen molar-refractivity contribution in [3.05, 3.63) is 53.2 Å². The number of nitrogens with zero attached hydrogens (tertiary/aromatic N) is 1. The summed E-state index contributed by atoms with van der Waals surface area (Å²) >= 11 is 0. The number of oxazole rings is 1. The first-order valence-electron chi connectivity index (χ1n) is 6.95. The summed E-state index contributed by atoms with van der Waals surface area (Å²) in [4.78, 5) is 16.2. The van der Waals surface area contributed by atoms with E-state index < -0.39 is 6.10 Å². The van der Waals surface area contributed by atoms with Crippen molar-refractivity contribution in [3.8, 4) is 0 Å². The lowest BCUT2D eigenvalue weighted by atomic mass is 10.0. The third-order valence-electron chi connectivity index (χ3n) is 3.25. The number of rotatable bonds is 5. The topological polar surface area (TPSA) is 75.4 Å². The normalized spacial score (nSPS) is 13.7. The maximum absolute atomic E-state index is 12.1. The van der Waals surface area contributed by atoms with E-state index >= 15 is 0 Å². The quantitative estimate of drug-likeness (QED) is 0.886. The van der Waals surface area contributed by atoms with Gasteiger partial charge in [-0.15, -0.1) is 0 Å². The lowest BCUT2D eigenvalue weighted by Gasteiger charge is -2.17. The average molecular weight is 288 g/mol. The zero-order valence-corrected chi connectivity index (χ0v) is 12.5. The Bertz CT molecular complexity index is 607. The maximum atomic E-state index is 12.1. The Labute approximate surface area is 124 Å². The summed E-state index contributed by atoms with van der Waals surface area (Å²) < 4.78 is 5.28. The van der Waals surface area contributed by atoms with Crippen molar-refractivity contribution >= 4 is 5.91 Å². The SMILES string of the molecule is Cc1nc(C)c(C(=O)NC(C)CC(O)c2ccccc2)o1. The van der Waals surface area contributed by atoms with Gasteiger partial charge in [0.1, 0.15) is 0 Å². The number of carbonyl (C=O) groups is 1. The second kappa shape index (κ2) is 6.54.